The van der Waals surface area contributed by atoms with E-state index in [0.29, 0.717) is 10.9 Å². The van der Waals surface area contributed by atoms with Crippen LogP contribution in [0.15, 0.2) is 4.34 Å². The predicted molar refractivity (Wildman–Crippen MR) is 74.7 cm³/mol. The van der Waals surface area contributed by atoms with Gasteiger partial charge in [-0.15, -0.1) is 10.2 Å². The van der Waals surface area contributed by atoms with Crippen molar-refractivity contribution in [3.8, 4) is 0 Å². The van der Waals surface area contributed by atoms with Gasteiger partial charge < -0.3 is 9.84 Å². The summed E-state index contributed by atoms with van der Waals surface area (Å²) in [4.78, 5) is 10.4. The first-order valence-electron chi connectivity index (χ1n) is 5.75. The third-order valence-corrected chi connectivity index (χ3v) is 5.80. The summed E-state index contributed by atoms with van der Waals surface area (Å²) in [5.74, 6) is -1.22. The van der Waals surface area contributed by atoms with Crippen molar-refractivity contribution < 1.29 is 23.1 Å². The average molecular weight is 339 g/mol. The number of carbonyl (C=O) groups is 1. The van der Waals surface area contributed by atoms with Gasteiger partial charge in [0.05, 0.1) is 17.6 Å². The molecule has 2 heterocycles. The summed E-state index contributed by atoms with van der Waals surface area (Å²) in [6, 6.07) is 0. The number of carboxylic acids is 1. The Morgan fingerprint density at radius 1 is 1.55 bits per heavy atom. The highest BCUT2D eigenvalue weighted by atomic mass is 32.2. The minimum absolute atomic E-state index is 0.107. The Balaban J connectivity index is 1.89. The molecule has 112 valence electrons. The molecule has 1 unspecified atom stereocenters. The molecule has 11 heteroatoms. The molecule has 1 aliphatic rings. The van der Waals surface area contributed by atoms with Gasteiger partial charge in [-0.2, -0.15) is 0 Å². The van der Waals surface area contributed by atoms with Gasteiger partial charge in [-0.3, -0.25) is 9.52 Å². The lowest BCUT2D eigenvalue weighted by atomic mass is 10.3. The van der Waals surface area contributed by atoms with Crippen molar-refractivity contribution in [2.24, 2.45) is 0 Å². The molecular formula is C9H13N3O5S3. The Hall–Kier alpha value is -0.910. The smallest absolute Gasteiger partial charge is 0.313 e. The molecule has 0 saturated carbocycles. The molecular weight excluding hydrogens is 326 g/mol. The molecule has 0 amide bonds. The van der Waals surface area contributed by atoms with E-state index in [1.54, 1.807) is 0 Å². The van der Waals surface area contributed by atoms with Crippen LogP contribution in [0.4, 0.5) is 5.13 Å². The zero-order chi connectivity index (χ0) is 14.6. The topological polar surface area (TPSA) is 118 Å². The lowest BCUT2D eigenvalue weighted by Crippen LogP contribution is -2.25. The highest BCUT2D eigenvalue weighted by Crippen LogP contribution is 2.26. The van der Waals surface area contributed by atoms with Crippen LogP contribution < -0.4 is 4.72 Å². The van der Waals surface area contributed by atoms with E-state index in [1.807, 2.05) is 0 Å². The molecule has 0 radical (unpaired) electrons. The normalized spacial score (nSPS) is 19.1. The van der Waals surface area contributed by atoms with Crippen LogP contribution in [-0.2, 0) is 19.6 Å². The molecule has 0 aromatic carbocycles. The molecule has 1 aromatic rings. The summed E-state index contributed by atoms with van der Waals surface area (Å²) in [6.07, 6.45) is 1.33. The second-order valence-electron chi connectivity index (χ2n) is 4.07. The van der Waals surface area contributed by atoms with Crippen molar-refractivity contribution in [2.75, 3.05) is 22.8 Å². The van der Waals surface area contributed by atoms with Crippen molar-refractivity contribution >= 4 is 44.2 Å². The second-order valence-corrected chi connectivity index (χ2v) is 8.04. The number of anilines is 1. The van der Waals surface area contributed by atoms with Gasteiger partial charge in [0.2, 0.25) is 15.2 Å². The SMILES string of the molecule is O=C(O)CSc1nnc(NS(=O)(=O)CC2CCCO2)s1. The number of sulfonamides is 1. The van der Waals surface area contributed by atoms with Gasteiger partial charge in [-0.25, -0.2) is 8.42 Å². The van der Waals surface area contributed by atoms with Crippen LogP contribution in [0.1, 0.15) is 12.8 Å². The van der Waals surface area contributed by atoms with Crippen molar-refractivity contribution in [2.45, 2.75) is 23.3 Å². The van der Waals surface area contributed by atoms with Crippen LogP contribution in [0.3, 0.4) is 0 Å². The molecule has 20 heavy (non-hydrogen) atoms. The van der Waals surface area contributed by atoms with Crippen LogP contribution in [-0.4, -0.2) is 53.9 Å². The summed E-state index contributed by atoms with van der Waals surface area (Å²) in [7, 11) is -3.53. The third kappa shape index (κ3) is 4.89. The largest absolute Gasteiger partial charge is 0.481 e. The summed E-state index contributed by atoms with van der Waals surface area (Å²) in [5, 5.41) is 16.1. The zero-order valence-electron chi connectivity index (χ0n) is 10.3. The van der Waals surface area contributed by atoms with Gasteiger partial charge in [-0.1, -0.05) is 23.1 Å². The Morgan fingerprint density at radius 3 is 3.00 bits per heavy atom. The number of nitrogens with zero attached hydrogens (tertiary/aromatic N) is 2. The molecule has 2 rings (SSSR count). The molecule has 0 bridgehead atoms. The first kappa shape index (κ1) is 15.5. The Bertz CT molecular complexity index is 567. The Labute approximate surface area is 124 Å². The standard InChI is InChI=1S/C9H13N3O5S3/c13-7(14)4-18-9-11-10-8(19-9)12-20(15,16)5-6-2-1-3-17-6/h6H,1-5H2,(H,10,12)(H,13,14). The van der Waals surface area contributed by atoms with Gasteiger partial charge >= 0.3 is 5.97 Å². The molecule has 8 nitrogen and oxygen atoms in total. The number of nitrogens with one attached hydrogen (secondary N) is 1. The number of hydrogen-bond acceptors (Lipinski definition) is 8. The zero-order valence-corrected chi connectivity index (χ0v) is 12.8. The monoisotopic (exact) mass is 339 g/mol. The van der Waals surface area contributed by atoms with E-state index in [-0.39, 0.29) is 22.7 Å². The summed E-state index contributed by atoms with van der Waals surface area (Å²) in [6.45, 7) is 0.592. The van der Waals surface area contributed by atoms with E-state index in [1.165, 1.54) is 0 Å². The van der Waals surface area contributed by atoms with Crippen molar-refractivity contribution in [1.29, 1.82) is 0 Å². The van der Waals surface area contributed by atoms with Crippen molar-refractivity contribution in [3.05, 3.63) is 0 Å². The van der Waals surface area contributed by atoms with E-state index < -0.39 is 16.0 Å². The van der Waals surface area contributed by atoms with E-state index in [4.69, 9.17) is 9.84 Å². The maximum atomic E-state index is 11.9. The first-order valence-corrected chi connectivity index (χ1v) is 9.20. The van der Waals surface area contributed by atoms with Gasteiger partial charge in [0.15, 0.2) is 4.34 Å². The number of aromatic nitrogens is 2. The number of hydrogen-bond donors (Lipinski definition) is 2. The Morgan fingerprint density at radius 2 is 2.35 bits per heavy atom. The van der Waals surface area contributed by atoms with Crippen LogP contribution in [0.25, 0.3) is 0 Å². The summed E-state index contributed by atoms with van der Waals surface area (Å²) in [5.41, 5.74) is 0. The molecule has 1 fully saturated rings. The fraction of sp³-hybridized carbons (Fsp3) is 0.667. The van der Waals surface area contributed by atoms with Crippen LogP contribution in [0, 0.1) is 0 Å². The van der Waals surface area contributed by atoms with Crippen LogP contribution in [0.2, 0.25) is 0 Å². The molecule has 1 atom stereocenters. The summed E-state index contributed by atoms with van der Waals surface area (Å²) >= 11 is 2.00. The first-order chi connectivity index (χ1) is 9.44. The molecule has 1 aromatic heterocycles. The molecule has 1 saturated heterocycles. The average Bonchev–Trinajstić information content (AvgIpc) is 2.97. The van der Waals surface area contributed by atoms with Crippen LogP contribution >= 0.6 is 23.1 Å². The molecule has 1 aliphatic heterocycles. The highest BCUT2D eigenvalue weighted by Gasteiger charge is 2.24. The number of aliphatic carboxylic acids is 1. The maximum absolute atomic E-state index is 11.9. The van der Waals surface area contributed by atoms with Gasteiger partial charge in [0.1, 0.15) is 0 Å². The van der Waals surface area contributed by atoms with E-state index in [0.717, 1.165) is 35.9 Å². The lowest BCUT2D eigenvalue weighted by molar-refractivity contribution is -0.133. The minimum Gasteiger partial charge on any atom is -0.481 e. The number of ether oxygens (including phenoxy) is 1. The van der Waals surface area contributed by atoms with Gasteiger partial charge in [0.25, 0.3) is 0 Å². The van der Waals surface area contributed by atoms with Gasteiger partial charge in [-0.05, 0) is 12.8 Å². The van der Waals surface area contributed by atoms with E-state index in [2.05, 4.69) is 14.9 Å². The van der Waals surface area contributed by atoms with Crippen LogP contribution in [0.5, 0.6) is 0 Å². The van der Waals surface area contributed by atoms with E-state index >= 15 is 0 Å². The number of rotatable bonds is 7. The lowest BCUT2D eigenvalue weighted by Gasteiger charge is -2.09. The quantitative estimate of drug-likeness (QED) is 0.695. The second kappa shape index (κ2) is 6.70. The number of carboxylic acid groups (broad SMARTS) is 1. The molecule has 0 spiro atoms. The number of thioether (sulfide) groups is 1. The van der Waals surface area contributed by atoms with Crippen molar-refractivity contribution in [1.82, 2.24) is 10.2 Å². The third-order valence-electron chi connectivity index (χ3n) is 2.40. The molecule has 2 N–H and O–H groups in total. The predicted octanol–water partition coefficient (Wildman–Crippen LogP) is 0.635. The highest BCUT2D eigenvalue weighted by molar-refractivity contribution is 8.01. The summed E-state index contributed by atoms with van der Waals surface area (Å²) < 4.78 is 31.8. The maximum Gasteiger partial charge on any atom is 0.313 e. The molecule has 0 aliphatic carbocycles. The fourth-order valence-corrected chi connectivity index (χ4v) is 4.64. The van der Waals surface area contributed by atoms with Gasteiger partial charge in [0, 0.05) is 6.61 Å². The van der Waals surface area contributed by atoms with E-state index in [9.17, 15) is 13.2 Å². The fourth-order valence-electron chi connectivity index (χ4n) is 1.63. The van der Waals surface area contributed by atoms with Crippen molar-refractivity contribution in [3.63, 3.8) is 0 Å². The Kier molecular flexibility index (Phi) is 5.18. The minimum atomic E-state index is -3.53.